The van der Waals surface area contributed by atoms with E-state index in [-0.39, 0.29) is 22.0 Å². The second-order valence-corrected chi connectivity index (χ2v) is 10.6. The van der Waals surface area contributed by atoms with Crippen LogP contribution in [-0.4, -0.2) is 65.8 Å². The van der Waals surface area contributed by atoms with E-state index in [0.29, 0.717) is 55.6 Å². The van der Waals surface area contributed by atoms with Gasteiger partial charge in [-0.2, -0.15) is 5.10 Å². The normalized spacial score (nSPS) is 19.2. The van der Waals surface area contributed by atoms with E-state index < -0.39 is 34.5 Å². The number of rotatable bonds is 11. The molecule has 0 radical (unpaired) electrons. The maximum atomic E-state index is 13.4. The quantitative estimate of drug-likeness (QED) is 0.399. The zero-order valence-corrected chi connectivity index (χ0v) is 21.9. The molecule has 3 heterocycles. The lowest BCUT2D eigenvalue weighted by molar-refractivity contribution is 0.297. The molecule has 3 aromatic rings. The van der Waals surface area contributed by atoms with Crippen LogP contribution in [0, 0.1) is 0 Å². The van der Waals surface area contributed by atoms with Crippen molar-refractivity contribution in [2.24, 2.45) is 7.05 Å². The van der Waals surface area contributed by atoms with Gasteiger partial charge in [-0.1, -0.05) is 20.3 Å². The van der Waals surface area contributed by atoms with Crippen LogP contribution in [0.1, 0.15) is 57.1 Å². The third-order valence-electron chi connectivity index (χ3n) is 6.17. The number of sulfonamides is 1. The molecular weight excluding hydrogens is 480 g/mol. The number of nitrogens with zero attached hydrogens (tertiary/aromatic N) is 4. The van der Waals surface area contributed by atoms with E-state index in [0.717, 1.165) is 6.42 Å². The van der Waals surface area contributed by atoms with E-state index in [1.54, 1.807) is 19.0 Å². The van der Waals surface area contributed by atoms with Gasteiger partial charge in [-0.15, -0.1) is 0 Å². The highest BCUT2D eigenvalue weighted by Crippen LogP contribution is 2.31. The topological polar surface area (TPSA) is 122 Å². The number of hydrogen-bond acceptors (Lipinski definition) is 7. The number of aryl methyl sites for hydroxylation is 2. The minimum Gasteiger partial charge on any atom is -0.493 e. The number of H-pyrrole nitrogens is 1. The van der Waals surface area contributed by atoms with Crippen molar-refractivity contribution in [3.63, 3.8) is 0 Å². The van der Waals surface area contributed by atoms with E-state index >= 15 is 0 Å². The molecule has 2 aromatic heterocycles. The second-order valence-electron chi connectivity index (χ2n) is 8.95. The SMILES string of the molecule is [2H]C([2H])(NS(=O)(=O)c1ccc(OCCC)c(-c2nc3c(CCC)nn(C)c3c(=O)[nH]2)c1)C([2H])([2H])C1CCCN1C. The molecule has 1 atom stereocenters. The van der Waals surface area contributed by atoms with Gasteiger partial charge in [0.25, 0.3) is 5.56 Å². The number of fused-ring (bicyclic) bond motifs is 1. The molecule has 2 N–H and O–H groups in total. The average molecular weight is 521 g/mol. The molecule has 11 heteroatoms. The number of hydrogen-bond donors (Lipinski definition) is 2. The van der Waals surface area contributed by atoms with Crippen molar-refractivity contribution in [3.05, 3.63) is 34.2 Å². The van der Waals surface area contributed by atoms with Crippen molar-refractivity contribution in [2.45, 2.75) is 63.3 Å². The van der Waals surface area contributed by atoms with Gasteiger partial charge in [0.15, 0.2) is 5.52 Å². The number of likely N-dealkylation sites (tertiary alicyclic amines) is 1. The van der Waals surface area contributed by atoms with E-state index in [2.05, 4.69) is 15.1 Å². The summed E-state index contributed by atoms with van der Waals surface area (Å²) < 4.78 is 69.9. The Morgan fingerprint density at radius 1 is 1.28 bits per heavy atom. The van der Waals surface area contributed by atoms with Crippen LogP contribution in [0.3, 0.4) is 0 Å². The minimum absolute atomic E-state index is 0.0805. The summed E-state index contributed by atoms with van der Waals surface area (Å²) in [6.07, 6.45) is 0.654. The summed E-state index contributed by atoms with van der Waals surface area (Å²) >= 11 is 0. The van der Waals surface area contributed by atoms with Crippen LogP contribution in [-0.2, 0) is 23.5 Å². The highest BCUT2D eigenvalue weighted by atomic mass is 32.2. The molecule has 0 aliphatic carbocycles. The van der Waals surface area contributed by atoms with Crippen LogP contribution < -0.4 is 15.0 Å². The summed E-state index contributed by atoms with van der Waals surface area (Å²) in [5.74, 6) is 0.368. The molecule has 0 saturated carbocycles. The molecular formula is C25H36N6O4S. The first-order valence-electron chi connectivity index (χ1n) is 14.2. The van der Waals surface area contributed by atoms with Gasteiger partial charge in [0.05, 0.1) is 22.8 Å². The highest BCUT2D eigenvalue weighted by Gasteiger charge is 2.23. The summed E-state index contributed by atoms with van der Waals surface area (Å²) in [7, 11) is -1.21. The molecule has 36 heavy (non-hydrogen) atoms. The molecule has 10 nitrogen and oxygen atoms in total. The maximum Gasteiger partial charge on any atom is 0.277 e. The first-order valence-corrected chi connectivity index (χ1v) is 13.7. The molecule has 1 unspecified atom stereocenters. The fraction of sp³-hybridized carbons (Fsp3) is 0.560. The average Bonchev–Trinajstić information content (AvgIpc) is 3.45. The van der Waals surface area contributed by atoms with Crippen molar-refractivity contribution >= 4 is 21.1 Å². The number of nitrogens with one attached hydrogen (secondary N) is 2. The van der Waals surface area contributed by atoms with Gasteiger partial charge >= 0.3 is 0 Å². The lowest BCUT2D eigenvalue weighted by Gasteiger charge is -2.19. The Morgan fingerprint density at radius 3 is 2.78 bits per heavy atom. The Balaban J connectivity index is 1.79. The van der Waals surface area contributed by atoms with Crippen LogP contribution in [0.2, 0.25) is 0 Å². The van der Waals surface area contributed by atoms with Crippen molar-refractivity contribution in [2.75, 3.05) is 26.7 Å². The highest BCUT2D eigenvalue weighted by molar-refractivity contribution is 7.89. The first kappa shape index (κ1) is 21.3. The summed E-state index contributed by atoms with van der Waals surface area (Å²) in [5.41, 5.74) is 1.08. The van der Waals surface area contributed by atoms with E-state index in [1.165, 1.54) is 22.9 Å². The fourth-order valence-corrected chi connectivity index (χ4v) is 5.14. The zero-order valence-electron chi connectivity index (χ0n) is 25.1. The molecule has 1 aromatic carbocycles. The maximum absolute atomic E-state index is 13.4. The van der Waals surface area contributed by atoms with Crippen LogP contribution in [0.25, 0.3) is 22.4 Å². The third-order valence-corrected chi connectivity index (χ3v) is 7.42. The lowest BCUT2D eigenvalue weighted by Crippen LogP contribution is -2.31. The summed E-state index contributed by atoms with van der Waals surface area (Å²) in [4.78, 5) is 21.8. The van der Waals surface area contributed by atoms with E-state index in [1.807, 2.05) is 18.6 Å². The van der Waals surface area contributed by atoms with Crippen LogP contribution >= 0.6 is 0 Å². The lowest BCUT2D eigenvalue weighted by atomic mass is 10.1. The Bertz CT molecular complexity index is 1560. The van der Waals surface area contributed by atoms with Gasteiger partial charge < -0.3 is 14.6 Å². The Labute approximate surface area is 217 Å². The predicted octanol–water partition coefficient (Wildman–Crippen LogP) is 2.83. The Hall–Kier alpha value is -2.76. The number of aromatic nitrogens is 4. The smallest absolute Gasteiger partial charge is 0.277 e. The van der Waals surface area contributed by atoms with Crippen molar-refractivity contribution in [3.8, 4) is 17.1 Å². The number of benzene rings is 1. The molecule has 0 amide bonds. The molecule has 1 aliphatic rings. The van der Waals surface area contributed by atoms with Crippen LogP contribution in [0.15, 0.2) is 27.9 Å². The van der Waals surface area contributed by atoms with Gasteiger partial charge in [0.2, 0.25) is 10.0 Å². The van der Waals surface area contributed by atoms with Crippen molar-refractivity contribution < 1.29 is 18.6 Å². The minimum atomic E-state index is -4.56. The Morgan fingerprint density at radius 2 is 2.08 bits per heavy atom. The summed E-state index contributed by atoms with van der Waals surface area (Å²) in [6.45, 7) is 1.91. The molecule has 4 rings (SSSR count). The predicted molar refractivity (Wildman–Crippen MR) is 140 cm³/mol. The monoisotopic (exact) mass is 520 g/mol. The Kier molecular flexibility index (Phi) is 6.58. The van der Waals surface area contributed by atoms with Gasteiger partial charge in [0.1, 0.15) is 17.1 Å². The van der Waals surface area contributed by atoms with Gasteiger partial charge in [-0.3, -0.25) is 9.48 Å². The molecule has 0 spiro atoms. The van der Waals surface area contributed by atoms with Gasteiger partial charge in [-0.25, -0.2) is 18.1 Å². The fourth-order valence-electron chi connectivity index (χ4n) is 4.31. The summed E-state index contributed by atoms with van der Waals surface area (Å²) in [5, 5.41) is 4.42. The molecule has 1 saturated heterocycles. The summed E-state index contributed by atoms with van der Waals surface area (Å²) in [6, 6.07) is 3.14. The standard InChI is InChI=1S/C25H36N6O4S/c1-5-8-20-22-23(31(4)29-20)25(32)28-24(27-22)19-16-18(10-11-21(19)35-15-6-2)36(33,34)26-13-12-17-9-7-14-30(17)3/h10-11,16-17,26H,5-9,12-15H2,1-4H3,(H,27,28,32)/i12D2,13D2. The third kappa shape index (κ3) is 5.47. The van der Waals surface area contributed by atoms with Gasteiger partial charge in [-0.05, 0) is 63.8 Å². The zero-order chi connectivity index (χ0) is 29.5. The molecule has 1 aliphatic heterocycles. The van der Waals surface area contributed by atoms with E-state index in [4.69, 9.17) is 10.2 Å². The molecule has 1 fully saturated rings. The van der Waals surface area contributed by atoms with Crippen molar-refractivity contribution in [1.82, 2.24) is 29.4 Å². The number of aromatic amines is 1. The van der Waals surface area contributed by atoms with Crippen LogP contribution in [0.4, 0.5) is 0 Å². The second kappa shape index (κ2) is 11.1. The number of ether oxygens (including phenoxy) is 1. The van der Waals surface area contributed by atoms with E-state index in [9.17, 15) is 13.2 Å². The molecule has 196 valence electrons. The van der Waals surface area contributed by atoms with Gasteiger partial charge in [0, 0.05) is 25.1 Å². The van der Waals surface area contributed by atoms with Crippen LogP contribution in [0.5, 0.6) is 5.75 Å². The molecule has 0 bridgehead atoms. The largest absolute Gasteiger partial charge is 0.493 e. The first-order chi connectivity index (χ1) is 18.7. The van der Waals surface area contributed by atoms with Crippen molar-refractivity contribution in [1.29, 1.82) is 0 Å².